The first kappa shape index (κ1) is 19.3. The van der Waals surface area contributed by atoms with E-state index in [2.05, 4.69) is 5.32 Å². The molecular weight excluding hydrogens is 391 g/mol. The first-order chi connectivity index (χ1) is 12.9. The van der Waals surface area contributed by atoms with Gasteiger partial charge in [-0.3, -0.25) is 9.59 Å². The third kappa shape index (κ3) is 4.12. The smallest absolute Gasteiger partial charge is 0.229 e. The van der Waals surface area contributed by atoms with Gasteiger partial charge < -0.3 is 19.7 Å². The number of nitrogens with one attached hydrogen (secondary N) is 1. The van der Waals surface area contributed by atoms with Gasteiger partial charge in [-0.1, -0.05) is 23.2 Å². The highest BCUT2D eigenvalue weighted by molar-refractivity contribution is 6.36. The fraction of sp³-hybridized carbons (Fsp3) is 0.263. The second-order valence-electron chi connectivity index (χ2n) is 6.06. The molecule has 0 bridgehead atoms. The summed E-state index contributed by atoms with van der Waals surface area (Å²) >= 11 is 12.0. The highest BCUT2D eigenvalue weighted by Gasteiger charge is 2.36. The molecule has 2 amide bonds. The Morgan fingerprint density at radius 3 is 2.59 bits per heavy atom. The maximum Gasteiger partial charge on any atom is 0.229 e. The third-order valence-electron chi connectivity index (χ3n) is 4.36. The summed E-state index contributed by atoms with van der Waals surface area (Å²) in [6.45, 7) is 0.236. The minimum atomic E-state index is -0.514. The number of carbonyl (C=O) groups is 2. The van der Waals surface area contributed by atoms with Crippen LogP contribution in [0, 0.1) is 5.92 Å². The fourth-order valence-electron chi connectivity index (χ4n) is 2.95. The van der Waals surface area contributed by atoms with Crippen LogP contribution in [-0.4, -0.2) is 32.6 Å². The summed E-state index contributed by atoms with van der Waals surface area (Å²) < 4.78 is 10.6. The molecule has 8 heteroatoms. The summed E-state index contributed by atoms with van der Waals surface area (Å²) in [6.07, 6.45) is 0.0946. The Bertz CT molecular complexity index is 888. The molecule has 1 fully saturated rings. The van der Waals surface area contributed by atoms with Crippen LogP contribution in [0.5, 0.6) is 11.5 Å². The summed E-state index contributed by atoms with van der Waals surface area (Å²) in [5.41, 5.74) is 1.03. The normalized spacial score (nSPS) is 16.4. The number of methoxy groups -OCH3 is 2. The molecule has 1 heterocycles. The molecule has 0 unspecified atom stereocenters. The van der Waals surface area contributed by atoms with Crippen LogP contribution in [0.25, 0.3) is 0 Å². The van der Waals surface area contributed by atoms with Crippen molar-refractivity contribution in [2.75, 3.05) is 31.0 Å². The number of amides is 2. The molecule has 1 N–H and O–H groups in total. The Morgan fingerprint density at radius 2 is 1.93 bits per heavy atom. The van der Waals surface area contributed by atoms with Crippen LogP contribution in [0.3, 0.4) is 0 Å². The van der Waals surface area contributed by atoms with Crippen LogP contribution in [0.4, 0.5) is 11.4 Å². The van der Waals surface area contributed by atoms with Gasteiger partial charge in [-0.15, -0.1) is 0 Å². The number of ether oxygens (including phenoxy) is 2. The predicted molar refractivity (Wildman–Crippen MR) is 105 cm³/mol. The van der Waals surface area contributed by atoms with Gasteiger partial charge in [0.1, 0.15) is 11.5 Å². The van der Waals surface area contributed by atoms with Crippen LogP contribution in [0.1, 0.15) is 6.42 Å². The molecule has 142 valence electrons. The number of benzene rings is 2. The van der Waals surface area contributed by atoms with Crippen molar-refractivity contribution in [2.45, 2.75) is 6.42 Å². The number of rotatable bonds is 5. The average Bonchev–Trinajstić information content (AvgIpc) is 3.05. The average molecular weight is 409 g/mol. The van der Waals surface area contributed by atoms with E-state index < -0.39 is 5.92 Å². The monoisotopic (exact) mass is 408 g/mol. The molecule has 0 spiro atoms. The number of halogens is 2. The van der Waals surface area contributed by atoms with Crippen molar-refractivity contribution in [1.82, 2.24) is 0 Å². The van der Waals surface area contributed by atoms with Gasteiger partial charge in [0.25, 0.3) is 0 Å². The largest absolute Gasteiger partial charge is 0.497 e. The molecule has 2 aromatic carbocycles. The van der Waals surface area contributed by atoms with Gasteiger partial charge >= 0.3 is 0 Å². The van der Waals surface area contributed by atoms with E-state index in [1.807, 2.05) is 0 Å². The minimum Gasteiger partial charge on any atom is -0.497 e. The van der Waals surface area contributed by atoms with Crippen LogP contribution in [0.15, 0.2) is 36.4 Å². The van der Waals surface area contributed by atoms with Crippen LogP contribution in [0.2, 0.25) is 10.0 Å². The fourth-order valence-corrected chi connectivity index (χ4v) is 3.41. The van der Waals surface area contributed by atoms with Gasteiger partial charge in [-0.2, -0.15) is 0 Å². The lowest BCUT2D eigenvalue weighted by Crippen LogP contribution is -2.28. The quantitative estimate of drug-likeness (QED) is 0.811. The second-order valence-corrected chi connectivity index (χ2v) is 6.90. The van der Waals surface area contributed by atoms with Gasteiger partial charge in [0.2, 0.25) is 11.8 Å². The number of carbonyl (C=O) groups excluding carboxylic acids is 2. The van der Waals surface area contributed by atoms with E-state index in [4.69, 9.17) is 32.7 Å². The van der Waals surface area contributed by atoms with Crippen LogP contribution >= 0.6 is 23.2 Å². The van der Waals surface area contributed by atoms with E-state index in [1.165, 1.54) is 12.0 Å². The van der Waals surface area contributed by atoms with Crippen molar-refractivity contribution in [3.63, 3.8) is 0 Å². The van der Waals surface area contributed by atoms with E-state index in [0.29, 0.717) is 32.9 Å². The Labute approximate surface area is 167 Å². The van der Waals surface area contributed by atoms with Gasteiger partial charge in [0.05, 0.1) is 36.5 Å². The Balaban J connectivity index is 1.78. The SMILES string of the molecule is COc1ccc(OC)c(N2C[C@@H](C(=O)Nc3ccc(Cl)cc3Cl)CC2=O)c1. The van der Waals surface area contributed by atoms with Crippen LogP contribution in [-0.2, 0) is 9.59 Å². The van der Waals surface area contributed by atoms with Crippen molar-refractivity contribution in [3.05, 3.63) is 46.4 Å². The number of hydrogen-bond donors (Lipinski definition) is 1. The Kier molecular flexibility index (Phi) is 5.77. The van der Waals surface area contributed by atoms with Crippen molar-refractivity contribution in [2.24, 2.45) is 5.92 Å². The van der Waals surface area contributed by atoms with Gasteiger partial charge in [-0.25, -0.2) is 0 Å². The summed E-state index contributed by atoms with van der Waals surface area (Å²) in [5, 5.41) is 3.58. The van der Waals surface area contributed by atoms with Gasteiger partial charge in [0.15, 0.2) is 0 Å². The van der Waals surface area contributed by atoms with E-state index in [-0.39, 0.29) is 24.8 Å². The Hall–Kier alpha value is -2.44. The lowest BCUT2D eigenvalue weighted by Gasteiger charge is -2.20. The standard InChI is InChI=1S/C19H18Cl2N2O4/c1-26-13-4-6-17(27-2)16(9-13)23-10-11(7-18(23)24)19(25)22-15-5-3-12(20)8-14(15)21/h3-6,8-9,11H,7,10H2,1-2H3,(H,22,25)/t11-/m0/s1. The van der Waals surface area contributed by atoms with Gasteiger partial charge in [-0.05, 0) is 30.3 Å². The maximum absolute atomic E-state index is 12.6. The number of hydrogen-bond acceptors (Lipinski definition) is 4. The first-order valence-corrected chi connectivity index (χ1v) is 8.97. The zero-order chi connectivity index (χ0) is 19.6. The van der Waals surface area contributed by atoms with E-state index in [0.717, 1.165) is 0 Å². The molecule has 27 heavy (non-hydrogen) atoms. The lowest BCUT2D eigenvalue weighted by molar-refractivity contribution is -0.122. The summed E-state index contributed by atoms with van der Waals surface area (Å²) in [7, 11) is 3.07. The predicted octanol–water partition coefficient (Wildman–Crippen LogP) is 4.00. The molecule has 1 saturated heterocycles. The summed E-state index contributed by atoms with van der Waals surface area (Å²) in [6, 6.07) is 10.00. The summed E-state index contributed by atoms with van der Waals surface area (Å²) in [5.74, 6) is 0.173. The van der Waals surface area contributed by atoms with Gasteiger partial charge in [0, 0.05) is 24.1 Å². The topological polar surface area (TPSA) is 67.9 Å². The van der Waals surface area contributed by atoms with Crippen molar-refractivity contribution in [3.8, 4) is 11.5 Å². The first-order valence-electron chi connectivity index (χ1n) is 8.21. The highest BCUT2D eigenvalue weighted by atomic mass is 35.5. The molecule has 1 aliphatic rings. The molecule has 2 aromatic rings. The molecule has 0 aromatic heterocycles. The van der Waals surface area contributed by atoms with E-state index in [9.17, 15) is 9.59 Å². The van der Waals surface area contributed by atoms with Crippen molar-refractivity contribution < 1.29 is 19.1 Å². The zero-order valence-corrected chi connectivity index (χ0v) is 16.3. The van der Waals surface area contributed by atoms with Crippen LogP contribution < -0.4 is 19.7 Å². The lowest BCUT2D eigenvalue weighted by atomic mass is 10.1. The Morgan fingerprint density at radius 1 is 1.15 bits per heavy atom. The second kappa shape index (κ2) is 8.06. The van der Waals surface area contributed by atoms with Crippen molar-refractivity contribution >= 4 is 46.4 Å². The molecule has 0 saturated carbocycles. The maximum atomic E-state index is 12.6. The minimum absolute atomic E-state index is 0.0946. The van der Waals surface area contributed by atoms with Crippen molar-refractivity contribution in [1.29, 1.82) is 0 Å². The molecule has 0 aliphatic carbocycles. The summed E-state index contributed by atoms with van der Waals surface area (Å²) in [4.78, 5) is 26.7. The third-order valence-corrected chi connectivity index (χ3v) is 4.91. The van der Waals surface area contributed by atoms with E-state index >= 15 is 0 Å². The van der Waals surface area contributed by atoms with E-state index in [1.54, 1.807) is 43.5 Å². The molecule has 6 nitrogen and oxygen atoms in total. The number of nitrogens with zero attached hydrogens (tertiary/aromatic N) is 1. The molecule has 1 aliphatic heterocycles. The molecule has 0 radical (unpaired) electrons. The highest BCUT2D eigenvalue weighted by Crippen LogP contribution is 2.36. The molecule has 3 rings (SSSR count). The zero-order valence-electron chi connectivity index (χ0n) is 14.8. The molecular formula is C19H18Cl2N2O4. The number of anilines is 2. The molecule has 1 atom stereocenters.